The molecule has 0 fully saturated rings. The van der Waals surface area contributed by atoms with E-state index in [9.17, 15) is 50.4 Å². The van der Waals surface area contributed by atoms with Crippen molar-refractivity contribution in [1.82, 2.24) is 19.8 Å². The predicted molar refractivity (Wildman–Crippen MR) is 129 cm³/mol. The van der Waals surface area contributed by atoms with Gasteiger partial charge in [0.05, 0.1) is 34.9 Å². The van der Waals surface area contributed by atoms with E-state index >= 15 is 0 Å². The Morgan fingerprint density at radius 1 is 0.561 bits per heavy atom. The van der Waals surface area contributed by atoms with Crippen molar-refractivity contribution in [2.75, 3.05) is 14.1 Å². The molecule has 0 aromatic carbocycles. The first-order valence-corrected chi connectivity index (χ1v) is 14.5. The van der Waals surface area contributed by atoms with Gasteiger partial charge in [0.2, 0.25) is 0 Å². The zero-order valence-corrected chi connectivity index (χ0v) is 24.5. The molecule has 2 aromatic heterocycles. The molecular weight excluding hydrogens is 673 g/mol. The molecule has 0 atom stereocenters. The van der Waals surface area contributed by atoms with Crippen molar-refractivity contribution in [1.29, 1.82) is 10.5 Å². The van der Waals surface area contributed by atoms with Crippen LogP contribution in [0.25, 0.3) is 0 Å². The fraction of sp³-hybridized carbons (Fsp3) is 0.400. The largest absolute Gasteiger partial charge is 2.00 e. The van der Waals surface area contributed by atoms with Crippen molar-refractivity contribution in [2.45, 2.75) is 40.0 Å². The standard InChI is InChI=1S/C16H20N4.2C2H3N.2F6P.Ni/c1-19-9-13-5-3-7-15(17-13)11-20(2)12-16-8-4-6-14(10-19)18-16;2*1-2-3;2*1-7(2,3,4,5)6;/h3-8H,9-12H2,1-2H3;2*1H3;;;/q;;;2*-1;+2. The molecule has 3 rings (SSSR count). The molecule has 4 bridgehead atoms. The van der Waals surface area contributed by atoms with E-state index in [0.29, 0.717) is 0 Å². The Balaban J connectivity index is -0.000000572. The molecule has 3 heterocycles. The first-order valence-electron chi connectivity index (χ1n) is 10.4. The number of nitriles is 2. The van der Waals surface area contributed by atoms with Gasteiger partial charge in [0.25, 0.3) is 0 Å². The van der Waals surface area contributed by atoms with Crippen molar-refractivity contribution in [3.63, 3.8) is 0 Å². The number of hydrogen-bond acceptors (Lipinski definition) is 6. The van der Waals surface area contributed by atoms with Crippen LogP contribution >= 0.6 is 15.6 Å². The summed E-state index contributed by atoms with van der Waals surface area (Å²) in [6.07, 6.45) is 0. The van der Waals surface area contributed by atoms with Gasteiger partial charge < -0.3 is 0 Å². The Hall–Kier alpha value is -2.29. The minimum absolute atomic E-state index is 0. The molecule has 0 radical (unpaired) electrons. The van der Waals surface area contributed by atoms with Gasteiger partial charge in [-0.1, -0.05) is 12.1 Å². The minimum atomic E-state index is -10.7. The fourth-order valence-corrected chi connectivity index (χ4v) is 2.63. The molecule has 0 aliphatic carbocycles. The molecule has 1 aliphatic heterocycles. The van der Waals surface area contributed by atoms with Gasteiger partial charge in [-0.2, -0.15) is 10.5 Å². The van der Waals surface area contributed by atoms with Crippen LogP contribution in [-0.4, -0.2) is 33.9 Å². The van der Waals surface area contributed by atoms with E-state index < -0.39 is 15.6 Å². The summed E-state index contributed by atoms with van der Waals surface area (Å²) in [5.74, 6) is 0. The van der Waals surface area contributed by atoms with Crippen molar-refractivity contribution in [2.24, 2.45) is 0 Å². The number of fused-ring (bicyclic) bond motifs is 4. The third-order valence-electron chi connectivity index (χ3n) is 3.46. The van der Waals surface area contributed by atoms with E-state index in [2.05, 4.69) is 60.3 Å². The molecule has 240 valence electrons. The Kier molecular flexibility index (Phi) is 15.0. The average molecular weight is 699 g/mol. The zero-order chi connectivity index (χ0) is 32.2. The molecule has 21 heteroatoms. The topological polar surface area (TPSA) is 79.8 Å². The van der Waals surface area contributed by atoms with E-state index in [1.165, 1.54) is 13.8 Å². The second-order valence-corrected chi connectivity index (χ2v) is 11.8. The van der Waals surface area contributed by atoms with Gasteiger partial charge in [-0.05, 0) is 38.4 Å². The Morgan fingerprint density at radius 3 is 0.854 bits per heavy atom. The normalized spacial score (nSPS) is 16.7. The van der Waals surface area contributed by atoms with E-state index in [-0.39, 0.29) is 16.5 Å². The van der Waals surface area contributed by atoms with Crippen molar-refractivity contribution in [3.8, 4) is 12.1 Å². The summed E-state index contributed by atoms with van der Waals surface area (Å²) >= 11 is 0. The van der Waals surface area contributed by atoms with Crippen LogP contribution in [0.1, 0.15) is 36.6 Å². The van der Waals surface area contributed by atoms with Crippen molar-refractivity contribution in [3.05, 3.63) is 59.2 Å². The summed E-state index contributed by atoms with van der Waals surface area (Å²) in [5, 5.41) is 14.6. The molecule has 0 N–H and O–H groups in total. The van der Waals surface area contributed by atoms with Crippen LogP contribution in [0.3, 0.4) is 0 Å². The number of hydrogen-bond donors (Lipinski definition) is 0. The van der Waals surface area contributed by atoms with Crippen LogP contribution in [0.15, 0.2) is 36.4 Å². The van der Waals surface area contributed by atoms with Gasteiger partial charge in [-0.15, -0.1) is 0 Å². The molecule has 1 aliphatic rings. The second kappa shape index (κ2) is 14.3. The first-order chi connectivity index (χ1) is 17.4. The maximum Gasteiger partial charge on any atom is 2.00 e. The summed E-state index contributed by atoms with van der Waals surface area (Å²) in [6.45, 7) is 6.26. The van der Waals surface area contributed by atoms with Crippen LogP contribution in [-0.2, 0) is 42.7 Å². The van der Waals surface area contributed by atoms with Gasteiger partial charge in [0, 0.05) is 40.0 Å². The summed E-state index contributed by atoms with van der Waals surface area (Å²) in [7, 11) is -17.1. The molecule has 2 aromatic rings. The monoisotopic (exact) mass is 698 g/mol. The van der Waals surface area contributed by atoms with Crippen LogP contribution in [0.2, 0.25) is 0 Å². The summed E-state index contributed by atoms with van der Waals surface area (Å²) in [4.78, 5) is 14.0. The van der Waals surface area contributed by atoms with E-state index in [0.717, 1.165) is 49.0 Å². The summed E-state index contributed by atoms with van der Waals surface area (Å²) in [6, 6.07) is 16.1. The van der Waals surface area contributed by atoms with Gasteiger partial charge in [0.1, 0.15) is 0 Å². The van der Waals surface area contributed by atoms with Crippen LogP contribution in [0.5, 0.6) is 0 Å². The molecule has 0 spiro atoms. The van der Waals surface area contributed by atoms with Gasteiger partial charge in [-0.3, -0.25) is 19.8 Å². The molecule has 41 heavy (non-hydrogen) atoms. The Labute approximate surface area is 238 Å². The number of nitrogens with zero attached hydrogens (tertiary/aromatic N) is 6. The third-order valence-corrected chi connectivity index (χ3v) is 3.46. The smallest absolute Gasteiger partial charge is 2.00 e. The van der Waals surface area contributed by atoms with Crippen molar-refractivity contribution < 1.29 is 66.9 Å². The fourth-order valence-electron chi connectivity index (χ4n) is 2.63. The average Bonchev–Trinajstić information content (AvgIpc) is 2.64. The van der Waals surface area contributed by atoms with E-state index in [4.69, 9.17) is 20.5 Å². The number of pyridine rings is 2. The summed E-state index contributed by atoms with van der Waals surface area (Å²) < 4.78 is 118. The Bertz CT molecular complexity index is 1020. The van der Waals surface area contributed by atoms with Crippen LogP contribution in [0, 0.1) is 22.7 Å². The number of halogens is 12. The molecule has 0 amide bonds. The van der Waals surface area contributed by atoms with Crippen molar-refractivity contribution >= 4 is 15.6 Å². The second-order valence-electron chi connectivity index (χ2n) is 7.95. The first kappa shape index (κ1) is 43.2. The predicted octanol–water partition coefficient (Wildman–Crippen LogP) is 9.88. The molecule has 6 nitrogen and oxygen atoms in total. The quantitative estimate of drug-likeness (QED) is 0.155. The van der Waals surface area contributed by atoms with Crippen LogP contribution < -0.4 is 0 Å². The summed E-state index contributed by atoms with van der Waals surface area (Å²) in [5.41, 5.74) is 4.48. The molecule has 0 saturated carbocycles. The molecular formula is C20H26F12N6NiP2. The SMILES string of the molecule is CC#N.CC#N.CN1Cc2cccc(n2)CN(C)Cc2cccc(n2)C1.F[P-](F)(F)(F)(F)F.F[P-](F)(F)(F)(F)F.[Ni+2]. The molecule has 0 unspecified atom stereocenters. The maximum atomic E-state index is 9.87. The van der Waals surface area contributed by atoms with Gasteiger partial charge >= 0.3 is 82.5 Å². The molecule has 0 saturated heterocycles. The number of aromatic nitrogens is 2. The Morgan fingerprint density at radius 2 is 0.707 bits per heavy atom. The van der Waals surface area contributed by atoms with E-state index in [1.807, 2.05) is 0 Å². The number of rotatable bonds is 0. The van der Waals surface area contributed by atoms with Gasteiger partial charge in [-0.25, -0.2) is 0 Å². The minimum Gasteiger partial charge on any atom is 2.00 e. The maximum absolute atomic E-state index is 10.7. The zero-order valence-electron chi connectivity index (χ0n) is 21.7. The van der Waals surface area contributed by atoms with Crippen LogP contribution in [0.4, 0.5) is 50.4 Å². The van der Waals surface area contributed by atoms with Gasteiger partial charge in [0.15, 0.2) is 0 Å². The third kappa shape index (κ3) is 42.3. The van der Waals surface area contributed by atoms with E-state index in [1.54, 1.807) is 12.1 Å².